The SMILES string of the molecule is CC(=O)Nc1nnc(S(=O)(=O)NCC(C)C(N)=NO)s1. The Hall–Kier alpha value is -1.79. The van der Waals surface area contributed by atoms with Gasteiger partial charge in [0, 0.05) is 19.4 Å². The quantitative estimate of drug-likeness (QED) is 0.174. The van der Waals surface area contributed by atoms with Crippen LogP contribution in [0, 0.1) is 5.92 Å². The van der Waals surface area contributed by atoms with E-state index in [1.807, 2.05) is 0 Å². The molecule has 1 heterocycles. The first-order valence-corrected chi connectivity index (χ1v) is 7.64. The van der Waals surface area contributed by atoms with E-state index >= 15 is 0 Å². The summed E-state index contributed by atoms with van der Waals surface area (Å²) in [6.07, 6.45) is 0. The van der Waals surface area contributed by atoms with E-state index in [9.17, 15) is 13.2 Å². The van der Waals surface area contributed by atoms with Crippen molar-refractivity contribution >= 4 is 38.2 Å². The van der Waals surface area contributed by atoms with Gasteiger partial charge in [-0.3, -0.25) is 4.79 Å². The zero-order valence-corrected chi connectivity index (χ0v) is 12.3. The lowest BCUT2D eigenvalue weighted by atomic mass is 10.2. The molecule has 0 aliphatic rings. The van der Waals surface area contributed by atoms with E-state index in [0.29, 0.717) is 0 Å². The lowest BCUT2D eigenvalue weighted by Crippen LogP contribution is -2.34. The highest BCUT2D eigenvalue weighted by Gasteiger charge is 2.21. The first-order valence-electron chi connectivity index (χ1n) is 5.34. The van der Waals surface area contributed by atoms with Gasteiger partial charge in [-0.05, 0) is 0 Å². The van der Waals surface area contributed by atoms with Gasteiger partial charge in [0.05, 0.1) is 0 Å². The van der Waals surface area contributed by atoms with Crippen LogP contribution in [-0.2, 0) is 14.8 Å². The summed E-state index contributed by atoms with van der Waals surface area (Å²) in [5, 5.41) is 20.7. The van der Waals surface area contributed by atoms with Crippen molar-refractivity contribution in [3.8, 4) is 0 Å². The van der Waals surface area contributed by atoms with E-state index in [2.05, 4.69) is 25.4 Å². The number of nitrogens with two attached hydrogens (primary N) is 1. The van der Waals surface area contributed by atoms with Crippen LogP contribution in [0.1, 0.15) is 13.8 Å². The fraction of sp³-hybridized carbons (Fsp3) is 0.500. The molecule has 1 atom stereocenters. The number of rotatable bonds is 6. The minimum atomic E-state index is -3.86. The Labute approximate surface area is 119 Å². The van der Waals surface area contributed by atoms with Crippen LogP contribution in [-0.4, -0.2) is 42.1 Å². The summed E-state index contributed by atoms with van der Waals surface area (Å²) >= 11 is 0.718. The van der Waals surface area contributed by atoms with Crippen molar-refractivity contribution < 1.29 is 18.4 Å². The van der Waals surface area contributed by atoms with E-state index in [0.717, 1.165) is 11.3 Å². The number of carbonyl (C=O) groups is 1. The largest absolute Gasteiger partial charge is 0.409 e. The Bertz CT molecular complexity index is 610. The average Bonchev–Trinajstić information content (AvgIpc) is 2.83. The van der Waals surface area contributed by atoms with E-state index in [-0.39, 0.29) is 27.8 Å². The van der Waals surface area contributed by atoms with Gasteiger partial charge in [-0.15, -0.1) is 10.2 Å². The Morgan fingerprint density at radius 1 is 1.55 bits per heavy atom. The van der Waals surface area contributed by atoms with Crippen LogP contribution >= 0.6 is 11.3 Å². The molecule has 12 heteroatoms. The van der Waals surface area contributed by atoms with Gasteiger partial charge in [0.15, 0.2) is 0 Å². The van der Waals surface area contributed by atoms with Crippen LogP contribution in [0.15, 0.2) is 9.50 Å². The lowest BCUT2D eigenvalue weighted by molar-refractivity contribution is -0.114. The number of nitrogens with zero attached hydrogens (tertiary/aromatic N) is 3. The predicted molar refractivity (Wildman–Crippen MR) is 72.0 cm³/mol. The van der Waals surface area contributed by atoms with Crippen LogP contribution in [0.4, 0.5) is 5.13 Å². The first kappa shape index (κ1) is 16.3. The average molecular weight is 322 g/mol. The topological polar surface area (TPSA) is 160 Å². The summed E-state index contributed by atoms with van der Waals surface area (Å²) in [7, 11) is -3.86. The Balaban J connectivity index is 2.74. The standard InChI is InChI=1S/C8H14N6O4S2/c1-4(6(9)14-16)3-10-20(17,18)8-13-12-7(19-8)11-5(2)15/h4,10,16H,3H2,1-2H3,(H2,9,14)(H,11,12,15). The van der Waals surface area contributed by atoms with Gasteiger partial charge in [-0.25, -0.2) is 13.1 Å². The number of hydrogen-bond acceptors (Lipinski definition) is 8. The fourth-order valence-electron chi connectivity index (χ4n) is 1.02. The van der Waals surface area contributed by atoms with Crippen LogP contribution in [0.3, 0.4) is 0 Å². The molecule has 0 spiro atoms. The van der Waals surface area contributed by atoms with E-state index in [1.54, 1.807) is 6.92 Å². The molecule has 0 bridgehead atoms. The van der Waals surface area contributed by atoms with E-state index in [4.69, 9.17) is 10.9 Å². The van der Waals surface area contributed by atoms with Gasteiger partial charge in [-0.1, -0.05) is 23.4 Å². The minimum Gasteiger partial charge on any atom is -0.409 e. The number of hydrogen-bond donors (Lipinski definition) is 4. The van der Waals surface area contributed by atoms with Crippen LogP contribution in [0.5, 0.6) is 0 Å². The maximum atomic E-state index is 11.9. The molecule has 0 aliphatic carbocycles. The summed E-state index contributed by atoms with van der Waals surface area (Å²) in [6, 6.07) is 0. The number of carbonyl (C=O) groups excluding carboxylic acids is 1. The molecule has 1 aromatic rings. The second kappa shape index (κ2) is 6.58. The zero-order chi connectivity index (χ0) is 15.3. The smallest absolute Gasteiger partial charge is 0.269 e. The molecule has 5 N–H and O–H groups in total. The number of amides is 1. The molecule has 0 saturated heterocycles. The van der Waals surface area contributed by atoms with Crippen molar-refractivity contribution in [3.63, 3.8) is 0 Å². The summed E-state index contributed by atoms with van der Waals surface area (Å²) in [5.74, 6) is -0.958. The molecular formula is C8H14N6O4S2. The molecular weight excluding hydrogens is 308 g/mol. The highest BCUT2D eigenvalue weighted by atomic mass is 32.2. The molecule has 0 aliphatic heterocycles. The second-order valence-electron chi connectivity index (χ2n) is 3.83. The highest BCUT2D eigenvalue weighted by Crippen LogP contribution is 2.19. The molecule has 10 nitrogen and oxygen atoms in total. The van der Waals surface area contributed by atoms with Crippen LogP contribution in [0.2, 0.25) is 0 Å². The van der Waals surface area contributed by atoms with Crippen LogP contribution in [0.25, 0.3) is 0 Å². The number of anilines is 1. The first-order chi connectivity index (χ1) is 9.26. The molecule has 1 unspecified atom stereocenters. The third kappa shape index (κ3) is 4.40. The maximum Gasteiger partial charge on any atom is 0.269 e. The summed E-state index contributed by atoms with van der Waals surface area (Å²) < 4.78 is 25.7. The third-order valence-electron chi connectivity index (χ3n) is 2.12. The van der Waals surface area contributed by atoms with Crippen molar-refractivity contribution in [2.75, 3.05) is 11.9 Å². The molecule has 20 heavy (non-hydrogen) atoms. The Kier molecular flexibility index (Phi) is 5.35. The van der Waals surface area contributed by atoms with Gasteiger partial charge in [0.1, 0.15) is 5.84 Å². The molecule has 1 rings (SSSR count). The maximum absolute atomic E-state index is 11.9. The Morgan fingerprint density at radius 3 is 2.75 bits per heavy atom. The normalized spacial score (nSPS) is 14.0. The summed E-state index contributed by atoms with van der Waals surface area (Å²) in [6.45, 7) is 2.79. The van der Waals surface area contributed by atoms with Crippen molar-refractivity contribution in [1.82, 2.24) is 14.9 Å². The van der Waals surface area contributed by atoms with Crippen molar-refractivity contribution in [3.05, 3.63) is 0 Å². The second-order valence-corrected chi connectivity index (χ2v) is 6.75. The number of amidine groups is 1. The molecule has 112 valence electrons. The molecule has 0 aromatic carbocycles. The Morgan fingerprint density at radius 2 is 2.20 bits per heavy atom. The molecule has 0 saturated carbocycles. The molecule has 1 amide bonds. The van der Waals surface area contributed by atoms with Crippen LogP contribution < -0.4 is 15.8 Å². The van der Waals surface area contributed by atoms with E-state index in [1.165, 1.54) is 6.92 Å². The van der Waals surface area contributed by atoms with Gasteiger partial charge < -0.3 is 16.3 Å². The van der Waals surface area contributed by atoms with Crippen molar-refractivity contribution in [2.24, 2.45) is 16.8 Å². The van der Waals surface area contributed by atoms with Gasteiger partial charge in [0.25, 0.3) is 10.0 Å². The molecule has 1 aromatic heterocycles. The number of sulfonamides is 1. The summed E-state index contributed by atoms with van der Waals surface area (Å²) in [5.41, 5.74) is 5.34. The summed E-state index contributed by atoms with van der Waals surface area (Å²) in [4.78, 5) is 10.8. The van der Waals surface area contributed by atoms with Gasteiger partial charge in [0.2, 0.25) is 15.4 Å². The third-order valence-corrected chi connectivity index (χ3v) is 4.75. The van der Waals surface area contributed by atoms with Crippen molar-refractivity contribution in [1.29, 1.82) is 0 Å². The highest BCUT2D eigenvalue weighted by molar-refractivity contribution is 7.91. The van der Waals surface area contributed by atoms with Gasteiger partial charge >= 0.3 is 0 Å². The lowest BCUT2D eigenvalue weighted by Gasteiger charge is -2.09. The molecule has 0 radical (unpaired) electrons. The fourth-order valence-corrected chi connectivity index (χ4v) is 3.14. The number of aromatic nitrogens is 2. The van der Waals surface area contributed by atoms with Crippen molar-refractivity contribution in [2.45, 2.75) is 18.2 Å². The number of nitrogens with one attached hydrogen (secondary N) is 2. The van der Waals surface area contributed by atoms with E-state index < -0.39 is 15.9 Å². The predicted octanol–water partition coefficient (Wildman–Crippen LogP) is -0.843. The van der Waals surface area contributed by atoms with Gasteiger partial charge in [-0.2, -0.15) is 0 Å². The zero-order valence-electron chi connectivity index (χ0n) is 10.7. The minimum absolute atomic E-state index is 0.0622. The molecule has 0 fully saturated rings. The monoisotopic (exact) mass is 322 g/mol. The number of oxime groups is 1.